The second-order valence-electron chi connectivity index (χ2n) is 3.78. The average molecular weight is 177 g/mol. The van der Waals surface area contributed by atoms with Crippen molar-refractivity contribution in [2.45, 2.75) is 32.6 Å². The summed E-state index contributed by atoms with van der Waals surface area (Å²) < 4.78 is 0. The van der Waals surface area contributed by atoms with E-state index in [1.54, 1.807) is 0 Å². The first kappa shape index (κ1) is 8.42. The summed E-state index contributed by atoms with van der Waals surface area (Å²) in [4.78, 5) is 0. The van der Waals surface area contributed by atoms with Crippen LogP contribution in [0, 0.1) is 6.92 Å². The third-order valence-electron chi connectivity index (χ3n) is 2.95. The molecule has 0 saturated heterocycles. The van der Waals surface area contributed by atoms with Crippen LogP contribution in [0.5, 0.6) is 5.75 Å². The summed E-state index contributed by atoms with van der Waals surface area (Å²) in [6, 6.07) is 1.83. The van der Waals surface area contributed by atoms with Gasteiger partial charge in [-0.1, -0.05) is 0 Å². The normalized spacial score (nSPS) is 15.5. The monoisotopic (exact) mass is 177 g/mol. The number of phenolic OH excluding ortho intramolecular Hbond substituents is 1. The van der Waals surface area contributed by atoms with Crippen LogP contribution in [-0.4, -0.2) is 5.11 Å². The smallest absolute Gasteiger partial charge is 0.139 e. The van der Waals surface area contributed by atoms with Gasteiger partial charge in [0.2, 0.25) is 0 Å². The van der Waals surface area contributed by atoms with Gasteiger partial charge < -0.3 is 10.8 Å². The van der Waals surface area contributed by atoms with Crippen LogP contribution in [-0.2, 0) is 12.8 Å². The first-order chi connectivity index (χ1) is 6.20. The molecule has 13 heavy (non-hydrogen) atoms. The fourth-order valence-electron chi connectivity index (χ4n) is 2.11. The van der Waals surface area contributed by atoms with E-state index >= 15 is 0 Å². The van der Waals surface area contributed by atoms with Gasteiger partial charge in [0.15, 0.2) is 0 Å². The number of nitrogen functional groups attached to an aromatic ring is 1. The number of nitrogens with two attached hydrogens (primary N) is 1. The maximum Gasteiger partial charge on any atom is 0.139 e. The number of aromatic hydroxyl groups is 1. The van der Waals surface area contributed by atoms with Gasteiger partial charge in [-0.25, -0.2) is 0 Å². The third-order valence-corrected chi connectivity index (χ3v) is 2.95. The third kappa shape index (κ3) is 1.26. The Kier molecular flexibility index (Phi) is 1.91. The van der Waals surface area contributed by atoms with Gasteiger partial charge in [0.05, 0.1) is 5.69 Å². The van der Waals surface area contributed by atoms with Gasteiger partial charge in [-0.05, 0) is 55.4 Å². The van der Waals surface area contributed by atoms with Gasteiger partial charge in [-0.2, -0.15) is 0 Å². The van der Waals surface area contributed by atoms with Crippen molar-refractivity contribution in [2.24, 2.45) is 0 Å². The predicted octanol–water partition coefficient (Wildman–Crippen LogP) is 2.16. The van der Waals surface area contributed by atoms with E-state index in [9.17, 15) is 5.11 Å². The molecule has 0 heterocycles. The van der Waals surface area contributed by atoms with E-state index in [1.807, 2.05) is 13.0 Å². The molecule has 2 heteroatoms. The minimum atomic E-state index is 0.248. The SMILES string of the molecule is Cc1c(N)c(O)cc2c1CCCC2. The molecule has 2 rings (SSSR count). The van der Waals surface area contributed by atoms with Gasteiger partial charge >= 0.3 is 0 Å². The van der Waals surface area contributed by atoms with Gasteiger partial charge in [0.25, 0.3) is 0 Å². The number of hydrogen-bond donors (Lipinski definition) is 2. The average Bonchev–Trinajstić information content (AvgIpc) is 2.15. The number of aryl methyl sites for hydroxylation is 1. The van der Waals surface area contributed by atoms with Crippen molar-refractivity contribution >= 4 is 5.69 Å². The molecule has 1 aromatic carbocycles. The van der Waals surface area contributed by atoms with Crippen molar-refractivity contribution in [2.75, 3.05) is 5.73 Å². The summed E-state index contributed by atoms with van der Waals surface area (Å²) in [5, 5.41) is 9.53. The molecule has 1 aromatic rings. The van der Waals surface area contributed by atoms with Gasteiger partial charge in [-0.3, -0.25) is 0 Å². The molecule has 1 aliphatic carbocycles. The van der Waals surface area contributed by atoms with E-state index in [-0.39, 0.29) is 5.75 Å². The highest BCUT2D eigenvalue weighted by Gasteiger charge is 2.15. The van der Waals surface area contributed by atoms with E-state index in [2.05, 4.69) is 0 Å². The molecule has 0 aromatic heterocycles. The van der Waals surface area contributed by atoms with Crippen LogP contribution >= 0.6 is 0 Å². The van der Waals surface area contributed by atoms with Crippen LogP contribution in [0.3, 0.4) is 0 Å². The van der Waals surface area contributed by atoms with Crippen LogP contribution < -0.4 is 5.73 Å². The first-order valence-corrected chi connectivity index (χ1v) is 4.80. The lowest BCUT2D eigenvalue weighted by Crippen LogP contribution is -2.06. The van der Waals surface area contributed by atoms with Crippen molar-refractivity contribution in [1.82, 2.24) is 0 Å². The summed E-state index contributed by atoms with van der Waals surface area (Å²) in [6.45, 7) is 2.00. The van der Waals surface area contributed by atoms with E-state index in [1.165, 1.54) is 24.0 Å². The highest BCUT2D eigenvalue weighted by Crippen LogP contribution is 2.33. The zero-order valence-corrected chi connectivity index (χ0v) is 7.93. The maximum atomic E-state index is 9.53. The van der Waals surface area contributed by atoms with E-state index in [0.717, 1.165) is 18.4 Å². The number of benzene rings is 1. The van der Waals surface area contributed by atoms with Gasteiger partial charge in [0, 0.05) is 0 Å². The van der Waals surface area contributed by atoms with Crippen molar-refractivity contribution in [3.8, 4) is 5.75 Å². The molecule has 0 aliphatic heterocycles. The fourth-order valence-corrected chi connectivity index (χ4v) is 2.11. The van der Waals surface area contributed by atoms with Crippen LogP contribution in [0.15, 0.2) is 6.07 Å². The first-order valence-electron chi connectivity index (χ1n) is 4.80. The van der Waals surface area contributed by atoms with E-state index < -0.39 is 0 Å². The second-order valence-corrected chi connectivity index (χ2v) is 3.78. The number of anilines is 1. The largest absolute Gasteiger partial charge is 0.506 e. The van der Waals surface area contributed by atoms with Crippen molar-refractivity contribution < 1.29 is 5.11 Å². The predicted molar refractivity (Wildman–Crippen MR) is 53.9 cm³/mol. The topological polar surface area (TPSA) is 46.2 Å². The van der Waals surface area contributed by atoms with Gasteiger partial charge in [-0.15, -0.1) is 0 Å². The standard InChI is InChI=1S/C11H15NO/c1-7-9-5-3-2-4-8(9)6-10(13)11(7)12/h6,13H,2-5,12H2,1H3. The lowest BCUT2D eigenvalue weighted by molar-refractivity contribution is 0.475. The Balaban J connectivity index is 2.60. The summed E-state index contributed by atoms with van der Waals surface area (Å²) in [7, 11) is 0. The number of fused-ring (bicyclic) bond motifs is 1. The van der Waals surface area contributed by atoms with Crippen molar-refractivity contribution in [3.63, 3.8) is 0 Å². The molecule has 0 amide bonds. The molecule has 1 aliphatic rings. The Hall–Kier alpha value is -1.18. The Morgan fingerprint density at radius 2 is 2.00 bits per heavy atom. The summed E-state index contributed by atoms with van der Waals surface area (Å²) in [5.74, 6) is 0.248. The maximum absolute atomic E-state index is 9.53. The summed E-state index contributed by atoms with van der Waals surface area (Å²) in [5.41, 5.74) is 10.0. The molecule has 0 unspecified atom stereocenters. The van der Waals surface area contributed by atoms with Crippen molar-refractivity contribution in [1.29, 1.82) is 0 Å². The van der Waals surface area contributed by atoms with Crippen molar-refractivity contribution in [3.05, 3.63) is 22.8 Å². The molecular formula is C11H15NO. The Labute approximate surface area is 78.4 Å². The lowest BCUT2D eigenvalue weighted by Gasteiger charge is -2.19. The van der Waals surface area contributed by atoms with Crippen LogP contribution in [0.1, 0.15) is 29.5 Å². The van der Waals surface area contributed by atoms with Crippen LogP contribution in [0.25, 0.3) is 0 Å². The second kappa shape index (κ2) is 2.95. The molecule has 3 N–H and O–H groups in total. The lowest BCUT2D eigenvalue weighted by atomic mass is 9.87. The van der Waals surface area contributed by atoms with Gasteiger partial charge in [0.1, 0.15) is 5.75 Å². The highest BCUT2D eigenvalue weighted by molar-refractivity contribution is 5.62. The molecule has 2 nitrogen and oxygen atoms in total. The molecule has 0 atom stereocenters. The fraction of sp³-hybridized carbons (Fsp3) is 0.455. The van der Waals surface area contributed by atoms with Crippen LogP contribution in [0.2, 0.25) is 0 Å². The zero-order chi connectivity index (χ0) is 9.42. The zero-order valence-electron chi connectivity index (χ0n) is 7.93. The number of phenols is 1. The highest BCUT2D eigenvalue weighted by atomic mass is 16.3. The quantitative estimate of drug-likeness (QED) is 0.471. The van der Waals surface area contributed by atoms with E-state index in [0.29, 0.717) is 5.69 Å². The molecule has 70 valence electrons. The Bertz CT molecular complexity index is 344. The Morgan fingerprint density at radius 1 is 1.31 bits per heavy atom. The minimum absolute atomic E-state index is 0.248. The number of hydrogen-bond acceptors (Lipinski definition) is 2. The number of rotatable bonds is 0. The molecule has 0 radical (unpaired) electrons. The summed E-state index contributed by atoms with van der Waals surface area (Å²) in [6.07, 6.45) is 4.68. The Morgan fingerprint density at radius 3 is 2.77 bits per heavy atom. The molecule has 0 bridgehead atoms. The van der Waals surface area contributed by atoms with E-state index in [4.69, 9.17) is 5.73 Å². The summed E-state index contributed by atoms with van der Waals surface area (Å²) >= 11 is 0. The molecular weight excluding hydrogens is 162 g/mol. The molecule has 0 spiro atoms. The molecule has 0 saturated carbocycles. The minimum Gasteiger partial charge on any atom is -0.506 e. The molecule has 0 fully saturated rings. The van der Waals surface area contributed by atoms with Crippen LogP contribution in [0.4, 0.5) is 5.69 Å².